The minimum atomic E-state index is -1.01. The summed E-state index contributed by atoms with van der Waals surface area (Å²) in [5.74, 6) is -2.08. The van der Waals surface area contributed by atoms with Crippen LogP contribution >= 0.6 is 0 Å². The molecule has 1 heterocycles. The number of alkyl carbamates (subject to hydrolysis) is 1. The Bertz CT molecular complexity index is 1850. The van der Waals surface area contributed by atoms with Crippen molar-refractivity contribution >= 4 is 23.9 Å². The van der Waals surface area contributed by atoms with E-state index in [9.17, 15) is 24.3 Å². The number of carbonyl (C=O) groups excluding carboxylic acids is 4. The fraction of sp³-hybridized carbons (Fsp3) is 0.302. The van der Waals surface area contributed by atoms with Crippen LogP contribution in [0.5, 0.6) is 0 Å². The molecule has 4 aromatic rings. The molecule has 1 aliphatic carbocycles. The number of nitrogens with one attached hydrogen (secondary N) is 2. The molecule has 0 aromatic heterocycles. The third-order valence-corrected chi connectivity index (χ3v) is 9.75. The molecule has 0 spiro atoms. The first kappa shape index (κ1) is 37.0. The summed E-state index contributed by atoms with van der Waals surface area (Å²) < 4.78 is 11.7. The molecule has 53 heavy (non-hydrogen) atoms. The van der Waals surface area contributed by atoms with Crippen molar-refractivity contribution in [3.8, 4) is 11.1 Å². The molecule has 274 valence electrons. The number of hydrogen-bond donors (Lipinski definition) is 3. The molecule has 3 N–H and O–H groups in total. The van der Waals surface area contributed by atoms with Gasteiger partial charge in [-0.25, -0.2) is 9.59 Å². The van der Waals surface area contributed by atoms with Crippen molar-refractivity contribution in [3.05, 3.63) is 144 Å². The molecule has 0 fully saturated rings. The van der Waals surface area contributed by atoms with E-state index in [0.29, 0.717) is 18.5 Å². The van der Waals surface area contributed by atoms with E-state index in [1.54, 1.807) is 17.0 Å². The summed E-state index contributed by atoms with van der Waals surface area (Å²) in [7, 11) is 0. The standard InChI is InChI=1S/C43H45N3O7/c47-25-24-46(28-30-14-4-1-5-15-30)40(48)26-32-18-8-3-9-23-38(42(50)53-39(27-44-41(32)49)31-16-6-2-7-17-31)45-43(51)52-29-37-35-21-12-10-19-33(35)34-20-11-13-22-36(34)37/h1-8,10-17,19-22,32,37-39,47H,9,18,23-29H2,(H,44,49)(H,45,51)/t32-,38+,39+/m1/s1. The number of nitrogens with zero attached hydrogens (tertiary/aromatic N) is 1. The smallest absolute Gasteiger partial charge is 0.407 e. The summed E-state index contributed by atoms with van der Waals surface area (Å²) in [5, 5.41) is 15.3. The number of fused-ring (bicyclic) bond motifs is 3. The lowest BCUT2D eigenvalue weighted by atomic mass is 9.98. The maximum Gasteiger partial charge on any atom is 0.407 e. The lowest BCUT2D eigenvalue weighted by molar-refractivity contribution is -0.152. The van der Waals surface area contributed by atoms with E-state index in [1.165, 1.54) is 0 Å². The highest BCUT2D eigenvalue weighted by Crippen LogP contribution is 2.44. The van der Waals surface area contributed by atoms with Gasteiger partial charge in [-0.05, 0) is 52.6 Å². The second kappa shape index (κ2) is 18.1. The highest BCUT2D eigenvalue weighted by atomic mass is 16.6. The summed E-state index contributed by atoms with van der Waals surface area (Å²) in [5.41, 5.74) is 5.98. The Morgan fingerprint density at radius 1 is 0.849 bits per heavy atom. The van der Waals surface area contributed by atoms with E-state index in [-0.39, 0.29) is 63.3 Å². The molecule has 1 aliphatic heterocycles. The minimum absolute atomic E-state index is 0.0367. The van der Waals surface area contributed by atoms with E-state index in [0.717, 1.165) is 27.8 Å². The minimum Gasteiger partial charge on any atom is -0.454 e. The Morgan fingerprint density at radius 2 is 1.49 bits per heavy atom. The van der Waals surface area contributed by atoms with Gasteiger partial charge in [0.15, 0.2) is 0 Å². The third-order valence-electron chi connectivity index (χ3n) is 9.75. The van der Waals surface area contributed by atoms with Crippen molar-refractivity contribution < 1.29 is 33.8 Å². The topological polar surface area (TPSA) is 134 Å². The first-order valence-electron chi connectivity index (χ1n) is 18.1. The van der Waals surface area contributed by atoms with Gasteiger partial charge in [-0.1, -0.05) is 121 Å². The number of cyclic esters (lactones) is 1. The number of amides is 3. The molecule has 3 amide bonds. The molecule has 4 aromatic carbocycles. The summed E-state index contributed by atoms with van der Waals surface area (Å²) in [6, 6.07) is 33.7. The molecule has 0 radical (unpaired) electrons. The fourth-order valence-electron chi connectivity index (χ4n) is 6.97. The first-order chi connectivity index (χ1) is 25.9. The van der Waals surface area contributed by atoms with E-state index in [1.807, 2.05) is 97.1 Å². The van der Waals surface area contributed by atoms with Gasteiger partial charge in [-0.15, -0.1) is 0 Å². The maximum atomic E-state index is 13.7. The van der Waals surface area contributed by atoms with Crippen molar-refractivity contribution in [1.29, 1.82) is 0 Å². The Morgan fingerprint density at radius 3 is 2.17 bits per heavy atom. The van der Waals surface area contributed by atoms with Gasteiger partial charge in [0.25, 0.3) is 0 Å². The summed E-state index contributed by atoms with van der Waals surface area (Å²) in [6.45, 7) is 0.313. The van der Waals surface area contributed by atoms with Gasteiger partial charge in [0, 0.05) is 25.4 Å². The Hall–Kier alpha value is -5.74. The van der Waals surface area contributed by atoms with Crippen molar-refractivity contribution in [2.75, 3.05) is 26.3 Å². The predicted molar refractivity (Wildman–Crippen MR) is 200 cm³/mol. The maximum absolute atomic E-state index is 13.7. The van der Waals surface area contributed by atoms with Crippen molar-refractivity contribution in [1.82, 2.24) is 15.5 Å². The van der Waals surface area contributed by atoms with Gasteiger partial charge in [0.1, 0.15) is 18.8 Å². The van der Waals surface area contributed by atoms with E-state index >= 15 is 0 Å². The highest BCUT2D eigenvalue weighted by Gasteiger charge is 2.32. The molecule has 0 bridgehead atoms. The number of carbonyl (C=O) groups is 4. The monoisotopic (exact) mass is 715 g/mol. The van der Waals surface area contributed by atoms with Gasteiger partial charge in [0.05, 0.1) is 19.1 Å². The average Bonchev–Trinajstić information content (AvgIpc) is 3.51. The largest absolute Gasteiger partial charge is 0.454 e. The molecule has 6 rings (SSSR count). The van der Waals surface area contributed by atoms with Crippen LogP contribution in [0.1, 0.15) is 60.0 Å². The van der Waals surface area contributed by atoms with Crippen LogP contribution < -0.4 is 10.6 Å². The molecule has 0 saturated heterocycles. The zero-order valence-electron chi connectivity index (χ0n) is 29.6. The van der Waals surface area contributed by atoms with Crippen LogP contribution in [0.3, 0.4) is 0 Å². The van der Waals surface area contributed by atoms with E-state index in [4.69, 9.17) is 9.47 Å². The number of esters is 1. The molecular weight excluding hydrogens is 670 g/mol. The van der Waals surface area contributed by atoms with Crippen molar-refractivity contribution in [2.24, 2.45) is 5.92 Å². The fourth-order valence-corrected chi connectivity index (χ4v) is 6.97. The Balaban J connectivity index is 1.14. The number of benzene rings is 4. The van der Waals surface area contributed by atoms with Crippen LogP contribution in [0, 0.1) is 5.92 Å². The van der Waals surface area contributed by atoms with Gasteiger partial charge >= 0.3 is 12.1 Å². The van der Waals surface area contributed by atoms with Crippen LogP contribution in [-0.4, -0.2) is 66.2 Å². The first-order valence-corrected chi connectivity index (χ1v) is 18.1. The quantitative estimate of drug-likeness (QED) is 0.134. The molecule has 10 heteroatoms. The number of rotatable bonds is 10. The van der Waals surface area contributed by atoms with Gasteiger partial charge in [-0.3, -0.25) is 9.59 Å². The molecule has 3 atom stereocenters. The predicted octanol–water partition coefficient (Wildman–Crippen LogP) is 6.06. The number of ether oxygens (including phenoxy) is 2. The normalized spacial score (nSPS) is 18.9. The Labute approximate surface area is 309 Å². The van der Waals surface area contributed by atoms with Crippen LogP contribution in [0.4, 0.5) is 4.79 Å². The van der Waals surface area contributed by atoms with Gasteiger partial charge in [-0.2, -0.15) is 0 Å². The summed E-state index contributed by atoms with van der Waals surface area (Å²) in [6.07, 6.45) is 2.93. The highest BCUT2D eigenvalue weighted by molar-refractivity contribution is 5.86. The third kappa shape index (κ3) is 9.58. The van der Waals surface area contributed by atoms with E-state index < -0.39 is 30.1 Å². The summed E-state index contributed by atoms with van der Waals surface area (Å²) >= 11 is 0. The number of hydrogen-bond acceptors (Lipinski definition) is 7. The molecule has 0 unspecified atom stereocenters. The van der Waals surface area contributed by atoms with Crippen molar-refractivity contribution in [3.63, 3.8) is 0 Å². The lowest BCUT2D eigenvalue weighted by Crippen LogP contribution is -2.44. The van der Waals surface area contributed by atoms with Crippen LogP contribution in [0.2, 0.25) is 0 Å². The zero-order valence-corrected chi connectivity index (χ0v) is 29.6. The van der Waals surface area contributed by atoms with Crippen LogP contribution in [0.25, 0.3) is 11.1 Å². The summed E-state index contributed by atoms with van der Waals surface area (Å²) in [4.78, 5) is 55.6. The van der Waals surface area contributed by atoms with Gasteiger partial charge < -0.3 is 30.1 Å². The number of allylic oxidation sites excluding steroid dienone is 2. The number of aliphatic hydroxyl groups is 1. The van der Waals surface area contributed by atoms with Gasteiger partial charge in [0.2, 0.25) is 11.8 Å². The second-order valence-electron chi connectivity index (χ2n) is 13.3. The van der Waals surface area contributed by atoms with Crippen LogP contribution in [0.15, 0.2) is 121 Å². The van der Waals surface area contributed by atoms with Crippen molar-refractivity contribution in [2.45, 2.75) is 50.3 Å². The van der Waals surface area contributed by atoms with E-state index in [2.05, 4.69) is 22.8 Å². The lowest BCUT2D eigenvalue weighted by Gasteiger charge is -2.25. The number of aliphatic hydroxyl groups excluding tert-OH is 1. The molecule has 10 nitrogen and oxygen atoms in total. The molecular formula is C43H45N3O7. The SMILES string of the molecule is O=C(N[C@H]1CCC=CC[C@H](CC(=O)N(CCO)Cc2ccccc2)C(=O)NC[C@@H](c2ccccc2)OC1=O)OCC1c2ccccc2-c2ccccc21. The van der Waals surface area contributed by atoms with Crippen LogP contribution in [-0.2, 0) is 30.4 Å². The second-order valence-corrected chi connectivity index (χ2v) is 13.3. The Kier molecular flexibility index (Phi) is 12.7. The zero-order chi connectivity index (χ0) is 37.0. The molecule has 2 aliphatic rings. The molecule has 0 saturated carbocycles. The average molecular weight is 716 g/mol.